The van der Waals surface area contributed by atoms with Gasteiger partial charge in [0.1, 0.15) is 0 Å². The Labute approximate surface area is 92.7 Å². The van der Waals surface area contributed by atoms with Gasteiger partial charge in [-0.15, -0.1) is 0 Å². The third-order valence-corrected chi connectivity index (χ3v) is 3.90. The van der Waals surface area contributed by atoms with Crippen molar-refractivity contribution in [2.45, 2.75) is 39.2 Å². The molecule has 6 heteroatoms. The molecule has 0 aromatic carbocycles. The first-order chi connectivity index (χ1) is 6.97. The summed E-state index contributed by atoms with van der Waals surface area (Å²) in [5.41, 5.74) is 0. The molecular formula is C9H22N2O3S. The van der Waals surface area contributed by atoms with E-state index in [4.69, 9.17) is 5.11 Å². The fraction of sp³-hybridized carbons (Fsp3) is 1.00. The Balaban J connectivity index is 4.27. The molecule has 92 valence electrons. The molecule has 2 N–H and O–H groups in total. The van der Waals surface area contributed by atoms with Crippen molar-refractivity contribution < 1.29 is 13.5 Å². The largest absolute Gasteiger partial charge is 0.395 e. The third-order valence-electron chi connectivity index (χ3n) is 2.27. The highest BCUT2D eigenvalue weighted by Crippen LogP contribution is 2.01. The molecule has 0 rings (SSSR count). The van der Waals surface area contributed by atoms with Crippen molar-refractivity contribution in [3.05, 3.63) is 0 Å². The Hall–Kier alpha value is -0.170. The lowest BCUT2D eigenvalue weighted by Crippen LogP contribution is -2.45. The summed E-state index contributed by atoms with van der Waals surface area (Å²) in [5.74, 6) is 0. The molecule has 0 aliphatic rings. The molecule has 0 saturated heterocycles. The summed E-state index contributed by atoms with van der Waals surface area (Å²) in [6, 6.07) is -0.390. The topological polar surface area (TPSA) is 69.6 Å². The fourth-order valence-electron chi connectivity index (χ4n) is 1.05. The molecule has 0 radical (unpaired) electrons. The van der Waals surface area contributed by atoms with E-state index in [-0.39, 0.29) is 12.6 Å². The second-order valence-corrected chi connectivity index (χ2v) is 5.39. The number of nitrogens with one attached hydrogen (secondary N) is 1. The van der Waals surface area contributed by atoms with Crippen LogP contribution in [-0.2, 0) is 10.2 Å². The maximum Gasteiger partial charge on any atom is 0.279 e. The summed E-state index contributed by atoms with van der Waals surface area (Å²) < 4.78 is 27.1. The Bertz CT molecular complexity index is 250. The minimum atomic E-state index is -3.43. The number of aliphatic hydroxyl groups is 1. The quantitative estimate of drug-likeness (QED) is 0.640. The minimum Gasteiger partial charge on any atom is -0.395 e. The van der Waals surface area contributed by atoms with Crippen molar-refractivity contribution in [3.8, 4) is 0 Å². The van der Waals surface area contributed by atoms with Crippen LogP contribution >= 0.6 is 0 Å². The van der Waals surface area contributed by atoms with Gasteiger partial charge in [-0.25, -0.2) is 0 Å². The van der Waals surface area contributed by atoms with Crippen LogP contribution in [0.2, 0.25) is 0 Å². The zero-order chi connectivity index (χ0) is 11.9. The summed E-state index contributed by atoms with van der Waals surface area (Å²) in [6.07, 6.45) is 2.38. The first-order valence-corrected chi connectivity index (χ1v) is 6.76. The van der Waals surface area contributed by atoms with E-state index in [0.717, 1.165) is 12.8 Å². The first-order valence-electron chi connectivity index (χ1n) is 5.32. The highest BCUT2D eigenvalue weighted by molar-refractivity contribution is 7.87. The molecule has 0 spiro atoms. The standard InChI is InChI=1S/C9H22N2O3S/c1-4-6-7-11(3)15(13,14)10-9(5-2)8-12/h9-10,12H,4-8H2,1-3H3/t9-/m1/s1. The summed E-state index contributed by atoms with van der Waals surface area (Å²) in [6.45, 7) is 4.18. The summed E-state index contributed by atoms with van der Waals surface area (Å²) in [7, 11) is -1.89. The van der Waals surface area contributed by atoms with E-state index >= 15 is 0 Å². The molecular weight excluding hydrogens is 216 g/mol. The van der Waals surface area contributed by atoms with Crippen LogP contribution in [0.5, 0.6) is 0 Å². The maximum atomic E-state index is 11.7. The average molecular weight is 238 g/mol. The van der Waals surface area contributed by atoms with E-state index in [1.165, 1.54) is 4.31 Å². The molecule has 0 aliphatic heterocycles. The fourth-order valence-corrected chi connectivity index (χ4v) is 2.26. The van der Waals surface area contributed by atoms with Gasteiger partial charge in [-0.1, -0.05) is 20.3 Å². The van der Waals surface area contributed by atoms with Crippen LogP contribution in [0, 0.1) is 0 Å². The zero-order valence-corrected chi connectivity index (χ0v) is 10.5. The summed E-state index contributed by atoms with van der Waals surface area (Å²) in [5, 5.41) is 8.90. The van der Waals surface area contributed by atoms with Gasteiger partial charge >= 0.3 is 0 Å². The number of hydrogen-bond acceptors (Lipinski definition) is 3. The van der Waals surface area contributed by atoms with E-state index in [0.29, 0.717) is 13.0 Å². The Morgan fingerprint density at radius 1 is 1.40 bits per heavy atom. The van der Waals surface area contributed by atoms with Crippen LogP contribution in [0.3, 0.4) is 0 Å². The van der Waals surface area contributed by atoms with Gasteiger partial charge in [-0.05, 0) is 12.8 Å². The predicted octanol–water partition coefficient (Wildman–Crippen LogP) is 0.324. The number of hydrogen-bond donors (Lipinski definition) is 2. The van der Waals surface area contributed by atoms with Crippen LogP contribution in [0.15, 0.2) is 0 Å². The molecule has 1 atom stereocenters. The van der Waals surface area contributed by atoms with Gasteiger partial charge < -0.3 is 5.11 Å². The third kappa shape index (κ3) is 5.46. The highest BCUT2D eigenvalue weighted by atomic mass is 32.2. The van der Waals surface area contributed by atoms with Crippen LogP contribution in [0.1, 0.15) is 33.1 Å². The van der Waals surface area contributed by atoms with E-state index < -0.39 is 10.2 Å². The molecule has 0 heterocycles. The van der Waals surface area contributed by atoms with Gasteiger partial charge in [0.25, 0.3) is 10.2 Å². The molecule has 0 saturated carbocycles. The second-order valence-electron chi connectivity index (χ2n) is 3.59. The zero-order valence-electron chi connectivity index (χ0n) is 9.73. The van der Waals surface area contributed by atoms with E-state index in [2.05, 4.69) is 4.72 Å². The molecule has 0 aliphatic carbocycles. The van der Waals surface area contributed by atoms with Crippen molar-refractivity contribution in [3.63, 3.8) is 0 Å². The lowest BCUT2D eigenvalue weighted by atomic mass is 10.3. The van der Waals surface area contributed by atoms with Crippen molar-refractivity contribution >= 4 is 10.2 Å². The molecule has 0 aromatic rings. The first kappa shape index (κ1) is 14.8. The van der Waals surface area contributed by atoms with Crippen molar-refractivity contribution in [2.75, 3.05) is 20.2 Å². The van der Waals surface area contributed by atoms with Gasteiger partial charge in [0, 0.05) is 19.6 Å². The smallest absolute Gasteiger partial charge is 0.279 e. The molecule has 5 nitrogen and oxygen atoms in total. The summed E-state index contributed by atoms with van der Waals surface area (Å²) >= 11 is 0. The Morgan fingerprint density at radius 3 is 2.40 bits per heavy atom. The van der Waals surface area contributed by atoms with E-state index in [9.17, 15) is 8.42 Å². The summed E-state index contributed by atoms with van der Waals surface area (Å²) in [4.78, 5) is 0. The molecule has 0 bridgehead atoms. The van der Waals surface area contributed by atoms with E-state index in [1.807, 2.05) is 13.8 Å². The molecule has 15 heavy (non-hydrogen) atoms. The number of rotatable bonds is 8. The Kier molecular flexibility index (Phi) is 7.08. The van der Waals surface area contributed by atoms with Crippen molar-refractivity contribution in [2.24, 2.45) is 0 Å². The minimum absolute atomic E-state index is 0.169. The van der Waals surface area contributed by atoms with Gasteiger partial charge in [0.2, 0.25) is 0 Å². The van der Waals surface area contributed by atoms with Crippen LogP contribution < -0.4 is 4.72 Å². The van der Waals surface area contributed by atoms with Gasteiger partial charge in [0.05, 0.1) is 6.61 Å². The SMILES string of the molecule is CCCCN(C)S(=O)(=O)N[C@H](CC)CO. The molecule has 0 aromatic heterocycles. The Morgan fingerprint density at radius 2 is 2.00 bits per heavy atom. The van der Waals surface area contributed by atoms with Gasteiger partial charge in [-0.2, -0.15) is 17.4 Å². The maximum absolute atomic E-state index is 11.7. The lowest BCUT2D eigenvalue weighted by molar-refractivity contribution is 0.251. The van der Waals surface area contributed by atoms with Crippen LogP contribution in [0.25, 0.3) is 0 Å². The second kappa shape index (κ2) is 7.16. The normalized spacial score (nSPS) is 14.5. The molecule has 0 amide bonds. The van der Waals surface area contributed by atoms with Gasteiger partial charge in [0.15, 0.2) is 0 Å². The van der Waals surface area contributed by atoms with Crippen LogP contribution in [0.4, 0.5) is 0 Å². The van der Waals surface area contributed by atoms with Crippen LogP contribution in [-0.4, -0.2) is 44.1 Å². The number of unbranched alkanes of at least 4 members (excludes halogenated alkanes) is 1. The molecule has 0 fully saturated rings. The highest BCUT2D eigenvalue weighted by Gasteiger charge is 2.20. The number of nitrogens with zero attached hydrogens (tertiary/aromatic N) is 1. The lowest BCUT2D eigenvalue weighted by Gasteiger charge is -2.21. The van der Waals surface area contributed by atoms with Crippen molar-refractivity contribution in [1.29, 1.82) is 0 Å². The van der Waals surface area contributed by atoms with Gasteiger partial charge in [-0.3, -0.25) is 0 Å². The number of aliphatic hydroxyl groups excluding tert-OH is 1. The average Bonchev–Trinajstić information content (AvgIpc) is 2.22. The monoisotopic (exact) mass is 238 g/mol. The molecule has 0 unspecified atom stereocenters. The van der Waals surface area contributed by atoms with Crippen molar-refractivity contribution in [1.82, 2.24) is 9.03 Å². The van der Waals surface area contributed by atoms with E-state index in [1.54, 1.807) is 7.05 Å². The predicted molar refractivity (Wildman–Crippen MR) is 60.8 cm³/mol.